The SMILES string of the molecule is COc1ccc(CN(c2cc(OC)nc(SCc3ccc(F)c(F)c3F)n2)S(=O)(=O)N2CCC2)cc1. The van der Waals surface area contributed by atoms with Crippen molar-refractivity contribution in [2.45, 2.75) is 23.9 Å². The molecule has 0 aliphatic carbocycles. The Balaban J connectivity index is 1.67. The summed E-state index contributed by atoms with van der Waals surface area (Å²) < 4.78 is 80.8. The van der Waals surface area contributed by atoms with Crippen molar-refractivity contribution in [3.63, 3.8) is 0 Å². The first-order valence-corrected chi connectivity index (χ1v) is 13.2. The third kappa shape index (κ3) is 5.52. The van der Waals surface area contributed by atoms with E-state index < -0.39 is 27.7 Å². The highest BCUT2D eigenvalue weighted by molar-refractivity contribution is 7.98. The molecule has 8 nitrogen and oxygen atoms in total. The molecule has 1 fully saturated rings. The first-order valence-electron chi connectivity index (χ1n) is 10.8. The van der Waals surface area contributed by atoms with Crippen LogP contribution in [0, 0.1) is 17.5 Å². The van der Waals surface area contributed by atoms with E-state index in [0.29, 0.717) is 24.4 Å². The van der Waals surface area contributed by atoms with E-state index in [4.69, 9.17) is 9.47 Å². The number of ether oxygens (including phenoxy) is 2. The van der Waals surface area contributed by atoms with E-state index in [9.17, 15) is 21.6 Å². The van der Waals surface area contributed by atoms with E-state index in [0.717, 1.165) is 34.6 Å². The van der Waals surface area contributed by atoms with E-state index in [2.05, 4.69) is 9.97 Å². The predicted molar refractivity (Wildman–Crippen MR) is 129 cm³/mol. The monoisotopic (exact) mass is 540 g/mol. The number of methoxy groups -OCH3 is 2. The molecule has 192 valence electrons. The van der Waals surface area contributed by atoms with Crippen LogP contribution in [0.4, 0.5) is 19.0 Å². The van der Waals surface area contributed by atoms with Gasteiger partial charge in [0.05, 0.1) is 20.8 Å². The number of benzene rings is 2. The molecular formula is C23H23F3N4O4S2. The summed E-state index contributed by atoms with van der Waals surface area (Å²) in [4.78, 5) is 8.58. The molecule has 3 aromatic rings. The van der Waals surface area contributed by atoms with Crippen LogP contribution in [0.5, 0.6) is 11.6 Å². The highest BCUT2D eigenvalue weighted by atomic mass is 32.2. The molecule has 2 aromatic carbocycles. The number of halogens is 3. The second-order valence-electron chi connectivity index (χ2n) is 7.79. The predicted octanol–water partition coefficient (Wildman–Crippen LogP) is 4.16. The van der Waals surface area contributed by atoms with Crippen LogP contribution in [0.1, 0.15) is 17.5 Å². The summed E-state index contributed by atoms with van der Waals surface area (Å²) in [7, 11) is -1.02. The molecular weight excluding hydrogens is 517 g/mol. The lowest BCUT2D eigenvalue weighted by Gasteiger charge is -2.35. The van der Waals surface area contributed by atoms with Gasteiger partial charge in [0.1, 0.15) is 5.75 Å². The van der Waals surface area contributed by atoms with Gasteiger partial charge >= 0.3 is 10.2 Å². The average molecular weight is 541 g/mol. The largest absolute Gasteiger partial charge is 0.497 e. The topological polar surface area (TPSA) is 84.9 Å². The van der Waals surface area contributed by atoms with Crippen molar-refractivity contribution >= 4 is 27.8 Å². The fourth-order valence-electron chi connectivity index (χ4n) is 3.34. The standard InChI is InChI=1S/C23H23F3N4O4S2/c1-33-17-7-4-15(5-8-17)13-30(36(31,32)29-10-3-11-29)19-12-20(34-2)28-23(27-19)35-14-16-6-9-18(24)22(26)21(16)25/h4-9,12H,3,10-11,13-14H2,1-2H3. The number of nitrogens with zero attached hydrogens (tertiary/aromatic N) is 4. The van der Waals surface area contributed by atoms with Gasteiger partial charge in [-0.2, -0.15) is 17.7 Å². The second kappa shape index (κ2) is 10.9. The van der Waals surface area contributed by atoms with Gasteiger partial charge in [-0.25, -0.2) is 22.5 Å². The Kier molecular flexibility index (Phi) is 7.91. The van der Waals surface area contributed by atoms with Gasteiger partial charge in [-0.1, -0.05) is 30.0 Å². The van der Waals surface area contributed by atoms with Crippen molar-refractivity contribution in [3.05, 3.63) is 71.0 Å². The van der Waals surface area contributed by atoms with E-state index in [1.165, 1.54) is 24.6 Å². The lowest BCUT2D eigenvalue weighted by molar-refractivity contribution is 0.307. The van der Waals surface area contributed by atoms with Crippen LogP contribution >= 0.6 is 11.8 Å². The zero-order valence-electron chi connectivity index (χ0n) is 19.4. The van der Waals surface area contributed by atoms with E-state index in [-0.39, 0.29) is 34.7 Å². The van der Waals surface area contributed by atoms with Gasteiger partial charge in [0.15, 0.2) is 28.4 Å². The summed E-state index contributed by atoms with van der Waals surface area (Å²) in [6, 6.07) is 10.3. The van der Waals surface area contributed by atoms with Crippen molar-refractivity contribution in [1.29, 1.82) is 0 Å². The molecule has 13 heteroatoms. The Hall–Kier alpha value is -3.03. The highest BCUT2D eigenvalue weighted by Crippen LogP contribution is 2.31. The van der Waals surface area contributed by atoms with Crippen LogP contribution in [0.15, 0.2) is 47.6 Å². The summed E-state index contributed by atoms with van der Waals surface area (Å²) in [6.07, 6.45) is 0.754. The van der Waals surface area contributed by atoms with Gasteiger partial charge in [-0.3, -0.25) is 0 Å². The maximum Gasteiger partial charge on any atom is 0.305 e. The molecule has 1 aliphatic rings. The van der Waals surface area contributed by atoms with Gasteiger partial charge in [-0.05, 0) is 30.2 Å². The summed E-state index contributed by atoms with van der Waals surface area (Å²) in [5, 5.41) is 0.0759. The summed E-state index contributed by atoms with van der Waals surface area (Å²) in [5.74, 6) is -3.50. The molecule has 4 rings (SSSR count). The zero-order chi connectivity index (χ0) is 25.9. The van der Waals surface area contributed by atoms with Gasteiger partial charge in [0.25, 0.3) is 0 Å². The first kappa shape index (κ1) is 26.0. The van der Waals surface area contributed by atoms with Crippen LogP contribution in [0.3, 0.4) is 0 Å². The lowest BCUT2D eigenvalue weighted by atomic mass is 10.2. The molecule has 0 bridgehead atoms. The van der Waals surface area contributed by atoms with Crippen molar-refractivity contribution in [2.75, 3.05) is 31.6 Å². The fourth-order valence-corrected chi connectivity index (χ4v) is 5.80. The smallest absolute Gasteiger partial charge is 0.305 e. The molecule has 1 aromatic heterocycles. The van der Waals surface area contributed by atoms with E-state index in [1.807, 2.05) is 0 Å². The van der Waals surface area contributed by atoms with Crippen LogP contribution in [0.25, 0.3) is 0 Å². The third-order valence-electron chi connectivity index (χ3n) is 5.51. The maximum atomic E-state index is 14.1. The number of thioether (sulfide) groups is 1. The molecule has 0 amide bonds. The van der Waals surface area contributed by atoms with Gasteiger partial charge < -0.3 is 9.47 Å². The highest BCUT2D eigenvalue weighted by Gasteiger charge is 2.35. The molecule has 0 atom stereocenters. The Morgan fingerprint density at radius 2 is 1.72 bits per heavy atom. The van der Waals surface area contributed by atoms with Crippen molar-refractivity contribution in [2.24, 2.45) is 0 Å². The lowest BCUT2D eigenvalue weighted by Crippen LogP contribution is -2.50. The Bertz CT molecular complexity index is 1340. The average Bonchev–Trinajstić information content (AvgIpc) is 2.84. The van der Waals surface area contributed by atoms with Gasteiger partial charge in [-0.15, -0.1) is 0 Å². The minimum Gasteiger partial charge on any atom is -0.497 e. The van der Waals surface area contributed by atoms with Gasteiger partial charge in [0.2, 0.25) is 5.88 Å². The summed E-state index contributed by atoms with van der Waals surface area (Å²) in [5.41, 5.74) is 0.602. The van der Waals surface area contributed by atoms with E-state index >= 15 is 0 Å². The second-order valence-corrected chi connectivity index (χ2v) is 10.6. The molecule has 2 heterocycles. The normalized spacial score (nSPS) is 13.8. The van der Waals surface area contributed by atoms with Crippen LogP contribution in [-0.2, 0) is 22.5 Å². The molecule has 0 radical (unpaired) electrons. The zero-order valence-corrected chi connectivity index (χ0v) is 21.1. The third-order valence-corrected chi connectivity index (χ3v) is 8.30. The minimum absolute atomic E-state index is 0.0229. The number of hydrogen-bond donors (Lipinski definition) is 0. The molecule has 1 saturated heterocycles. The van der Waals surface area contributed by atoms with Crippen LogP contribution < -0.4 is 13.8 Å². The number of anilines is 1. The Morgan fingerprint density at radius 3 is 2.33 bits per heavy atom. The molecule has 0 N–H and O–H groups in total. The Morgan fingerprint density at radius 1 is 1.00 bits per heavy atom. The molecule has 0 unspecified atom stereocenters. The molecule has 0 spiro atoms. The number of aromatic nitrogens is 2. The van der Waals surface area contributed by atoms with E-state index in [1.54, 1.807) is 24.3 Å². The number of rotatable bonds is 10. The van der Waals surface area contributed by atoms with Crippen molar-refractivity contribution < 1.29 is 31.1 Å². The Labute approximate surface area is 211 Å². The molecule has 0 saturated carbocycles. The van der Waals surface area contributed by atoms with Crippen molar-refractivity contribution in [1.82, 2.24) is 14.3 Å². The first-order chi connectivity index (χ1) is 17.2. The fraction of sp³-hybridized carbons (Fsp3) is 0.304. The quantitative estimate of drug-likeness (QED) is 0.217. The van der Waals surface area contributed by atoms with Gasteiger partial charge in [0, 0.05) is 30.5 Å². The molecule has 36 heavy (non-hydrogen) atoms. The van der Waals surface area contributed by atoms with Crippen LogP contribution in [-0.4, -0.2) is 50.0 Å². The summed E-state index contributed by atoms with van der Waals surface area (Å²) >= 11 is 0.930. The summed E-state index contributed by atoms with van der Waals surface area (Å²) in [6.45, 7) is 0.756. The van der Waals surface area contributed by atoms with Crippen molar-refractivity contribution in [3.8, 4) is 11.6 Å². The van der Waals surface area contributed by atoms with Crippen LogP contribution in [0.2, 0.25) is 0 Å². The maximum absolute atomic E-state index is 14.1. The minimum atomic E-state index is -3.93. The number of hydrogen-bond acceptors (Lipinski definition) is 7. The molecule has 1 aliphatic heterocycles.